The Bertz CT molecular complexity index is 729. The molecule has 2 aromatic rings. The fourth-order valence-electron chi connectivity index (χ4n) is 2.23. The van der Waals surface area contributed by atoms with E-state index in [1.807, 2.05) is 25.2 Å². The minimum absolute atomic E-state index is 0.219. The lowest BCUT2D eigenvalue weighted by molar-refractivity contribution is 0.480. The van der Waals surface area contributed by atoms with Crippen molar-refractivity contribution in [2.75, 3.05) is 13.6 Å². The zero-order chi connectivity index (χ0) is 13.9. The second kappa shape index (κ2) is 5.21. The lowest BCUT2D eigenvalue weighted by Gasteiger charge is -2.15. The summed E-state index contributed by atoms with van der Waals surface area (Å²) in [5, 5.41) is 10.8. The van der Waals surface area contributed by atoms with E-state index >= 15 is 0 Å². The number of rotatable bonds is 2. The molecule has 20 heavy (non-hydrogen) atoms. The summed E-state index contributed by atoms with van der Waals surface area (Å²) in [4.78, 5) is 6.35. The number of aromatic hydroxyl groups is 1. The quantitative estimate of drug-likeness (QED) is 0.903. The van der Waals surface area contributed by atoms with Crippen LogP contribution in [-0.4, -0.2) is 28.6 Å². The fourth-order valence-corrected chi connectivity index (χ4v) is 2.23. The lowest BCUT2D eigenvalue weighted by Crippen LogP contribution is -2.12. The summed E-state index contributed by atoms with van der Waals surface area (Å²) in [6.45, 7) is 0.925. The number of benzene rings is 1. The molecule has 0 atom stereocenters. The molecule has 1 aliphatic heterocycles. The Hall–Kier alpha value is -2.55. The lowest BCUT2D eigenvalue weighted by atomic mass is 10.1. The van der Waals surface area contributed by atoms with Crippen LogP contribution in [0, 0.1) is 0 Å². The third-order valence-electron chi connectivity index (χ3n) is 3.38. The molecule has 1 aliphatic rings. The summed E-state index contributed by atoms with van der Waals surface area (Å²) in [5.74, 6) is 0.219. The number of fused-ring (bicyclic) bond motifs is 1. The van der Waals surface area contributed by atoms with E-state index in [0.29, 0.717) is 5.52 Å². The topological polar surface area (TPSA) is 36.4 Å². The van der Waals surface area contributed by atoms with Gasteiger partial charge in [-0.05, 0) is 35.5 Å². The number of phenols is 1. The average Bonchev–Trinajstić information content (AvgIpc) is 2.47. The number of phenolic OH excluding ortho intramolecular Hbond substituents is 1. The van der Waals surface area contributed by atoms with Crippen molar-refractivity contribution in [1.29, 1.82) is 0 Å². The molecular weight excluding hydrogens is 248 g/mol. The van der Waals surface area contributed by atoms with Crippen LogP contribution in [0.25, 0.3) is 17.0 Å². The van der Waals surface area contributed by atoms with Gasteiger partial charge in [-0.2, -0.15) is 0 Å². The molecule has 1 aromatic carbocycles. The Kier molecular flexibility index (Phi) is 3.25. The molecule has 0 unspecified atom stereocenters. The Morgan fingerprint density at radius 3 is 2.95 bits per heavy atom. The molecule has 3 nitrogen and oxygen atoms in total. The number of hydrogen-bond donors (Lipinski definition) is 1. The van der Waals surface area contributed by atoms with Crippen LogP contribution in [0.3, 0.4) is 0 Å². The van der Waals surface area contributed by atoms with Crippen LogP contribution >= 0.6 is 0 Å². The summed E-state index contributed by atoms with van der Waals surface area (Å²) in [7, 11) is 2.05. The molecule has 0 fully saturated rings. The minimum atomic E-state index is 0.219. The molecule has 3 heteroatoms. The van der Waals surface area contributed by atoms with Gasteiger partial charge in [0.25, 0.3) is 0 Å². The number of pyridine rings is 1. The smallest absolute Gasteiger partial charge is 0.141 e. The van der Waals surface area contributed by atoms with Gasteiger partial charge in [0.2, 0.25) is 0 Å². The molecule has 3 rings (SSSR count). The molecule has 100 valence electrons. The van der Waals surface area contributed by atoms with Gasteiger partial charge in [-0.1, -0.05) is 30.4 Å². The summed E-state index contributed by atoms with van der Waals surface area (Å²) >= 11 is 0. The van der Waals surface area contributed by atoms with Crippen molar-refractivity contribution in [1.82, 2.24) is 9.88 Å². The maximum absolute atomic E-state index is 9.83. The zero-order valence-electron chi connectivity index (χ0n) is 11.3. The Labute approximate surface area is 118 Å². The monoisotopic (exact) mass is 264 g/mol. The van der Waals surface area contributed by atoms with Crippen molar-refractivity contribution in [3.63, 3.8) is 0 Å². The van der Waals surface area contributed by atoms with Gasteiger partial charge in [0.1, 0.15) is 11.3 Å². The minimum Gasteiger partial charge on any atom is -0.506 e. The van der Waals surface area contributed by atoms with Gasteiger partial charge in [0, 0.05) is 25.2 Å². The van der Waals surface area contributed by atoms with E-state index in [2.05, 4.69) is 40.4 Å². The molecule has 2 heterocycles. The van der Waals surface area contributed by atoms with Crippen LogP contribution in [0.15, 0.2) is 60.5 Å². The van der Waals surface area contributed by atoms with Crippen molar-refractivity contribution >= 4 is 17.0 Å². The molecule has 0 saturated carbocycles. The van der Waals surface area contributed by atoms with Crippen LogP contribution in [0.2, 0.25) is 0 Å². The highest BCUT2D eigenvalue weighted by atomic mass is 16.3. The van der Waals surface area contributed by atoms with E-state index < -0.39 is 0 Å². The highest BCUT2D eigenvalue weighted by molar-refractivity contribution is 5.91. The van der Waals surface area contributed by atoms with Gasteiger partial charge in [-0.15, -0.1) is 0 Å². The molecule has 1 N–H and O–H groups in total. The predicted molar refractivity (Wildman–Crippen MR) is 82.3 cm³/mol. The first-order valence-corrected chi connectivity index (χ1v) is 6.57. The predicted octanol–water partition coefficient (Wildman–Crippen LogP) is 3.34. The van der Waals surface area contributed by atoms with Gasteiger partial charge in [-0.3, -0.25) is 4.98 Å². The molecule has 0 aliphatic carbocycles. The van der Waals surface area contributed by atoms with Gasteiger partial charge in [0.15, 0.2) is 0 Å². The van der Waals surface area contributed by atoms with Crippen molar-refractivity contribution in [2.45, 2.75) is 0 Å². The van der Waals surface area contributed by atoms with Crippen molar-refractivity contribution < 1.29 is 5.11 Å². The third-order valence-corrected chi connectivity index (χ3v) is 3.38. The molecule has 0 spiro atoms. The number of nitrogens with zero attached hydrogens (tertiary/aromatic N) is 2. The van der Waals surface area contributed by atoms with Crippen LogP contribution in [-0.2, 0) is 0 Å². The van der Waals surface area contributed by atoms with Crippen LogP contribution < -0.4 is 0 Å². The van der Waals surface area contributed by atoms with Crippen molar-refractivity contribution in [3.05, 3.63) is 66.0 Å². The van der Waals surface area contributed by atoms with Gasteiger partial charge >= 0.3 is 0 Å². The maximum atomic E-state index is 9.83. The molecule has 1 aromatic heterocycles. The van der Waals surface area contributed by atoms with E-state index in [4.69, 9.17) is 0 Å². The average molecular weight is 264 g/mol. The second-order valence-electron chi connectivity index (χ2n) is 4.87. The highest BCUT2D eigenvalue weighted by Gasteiger charge is 2.03. The van der Waals surface area contributed by atoms with Crippen LogP contribution in [0.5, 0.6) is 5.75 Å². The fraction of sp³-hybridized carbons (Fsp3) is 0.118. The number of likely N-dealkylation sites (N-methyl/N-ethyl adjacent to an activating group) is 1. The first-order chi connectivity index (χ1) is 9.74. The molecular formula is C17H16N2O. The summed E-state index contributed by atoms with van der Waals surface area (Å²) in [5.41, 5.74) is 2.88. The van der Waals surface area contributed by atoms with Gasteiger partial charge in [-0.25, -0.2) is 0 Å². The van der Waals surface area contributed by atoms with Crippen molar-refractivity contribution in [2.24, 2.45) is 0 Å². The first-order valence-electron chi connectivity index (χ1n) is 6.57. The maximum Gasteiger partial charge on any atom is 0.141 e. The first kappa shape index (κ1) is 12.5. The number of para-hydroxylation sites is 1. The van der Waals surface area contributed by atoms with E-state index in [0.717, 1.165) is 17.5 Å². The van der Waals surface area contributed by atoms with Crippen LogP contribution in [0.4, 0.5) is 0 Å². The van der Waals surface area contributed by atoms with Crippen molar-refractivity contribution in [3.8, 4) is 5.75 Å². The molecule has 0 amide bonds. The van der Waals surface area contributed by atoms with Gasteiger partial charge < -0.3 is 10.0 Å². The van der Waals surface area contributed by atoms with E-state index in [1.165, 1.54) is 5.57 Å². The summed E-state index contributed by atoms with van der Waals surface area (Å²) < 4.78 is 0. The Balaban J connectivity index is 1.96. The number of hydrogen-bond acceptors (Lipinski definition) is 3. The standard InChI is InChI=1S/C17H16N2O/c1-19-11-8-13(9-12-19)5-6-14-7-10-18-17-15(14)3-2-4-16(17)20/h2-11,20H,12H2,1H3/b6-5+. The molecule has 0 radical (unpaired) electrons. The SMILES string of the molecule is CN1C=CC(/C=C/c2ccnc3c(O)cccc23)=CC1. The Morgan fingerprint density at radius 1 is 1.25 bits per heavy atom. The summed E-state index contributed by atoms with van der Waals surface area (Å²) in [6.07, 6.45) is 12.2. The van der Waals surface area contributed by atoms with E-state index in [9.17, 15) is 5.11 Å². The number of allylic oxidation sites excluding steroid dienone is 3. The largest absolute Gasteiger partial charge is 0.506 e. The summed E-state index contributed by atoms with van der Waals surface area (Å²) in [6, 6.07) is 7.43. The number of aromatic nitrogens is 1. The van der Waals surface area contributed by atoms with Crippen LogP contribution in [0.1, 0.15) is 5.56 Å². The third kappa shape index (κ3) is 2.43. The molecule has 0 bridgehead atoms. The van der Waals surface area contributed by atoms with Gasteiger partial charge in [0.05, 0.1) is 0 Å². The van der Waals surface area contributed by atoms with E-state index in [-0.39, 0.29) is 5.75 Å². The molecule has 0 saturated heterocycles. The van der Waals surface area contributed by atoms with E-state index in [1.54, 1.807) is 12.3 Å². The second-order valence-corrected chi connectivity index (χ2v) is 4.87. The zero-order valence-corrected chi connectivity index (χ0v) is 11.3. The highest BCUT2D eigenvalue weighted by Crippen LogP contribution is 2.25. The Morgan fingerprint density at radius 2 is 2.15 bits per heavy atom. The normalized spacial score (nSPS) is 15.1.